The smallest absolute Gasteiger partial charge is 0.378 e. The zero-order valence-corrected chi connectivity index (χ0v) is 21.2. The fourth-order valence-electron chi connectivity index (χ4n) is 7.56. The van der Waals surface area contributed by atoms with E-state index in [2.05, 4.69) is 6.92 Å². The van der Waals surface area contributed by atoms with Crippen molar-refractivity contribution in [2.45, 2.75) is 64.2 Å². The first-order valence-electron chi connectivity index (χ1n) is 12.9. The van der Waals surface area contributed by atoms with E-state index in [0.717, 1.165) is 44.1 Å². The van der Waals surface area contributed by atoms with E-state index >= 15 is 0 Å². The Hall–Kier alpha value is -1.97. The molecule has 3 aliphatic carbocycles. The third-order valence-corrected chi connectivity index (χ3v) is 9.51. The van der Waals surface area contributed by atoms with Gasteiger partial charge in [-0.3, -0.25) is 9.59 Å². The molecule has 4 aliphatic rings. The minimum absolute atomic E-state index is 0.200. The minimum atomic E-state index is -4.05. The number of aryl methyl sites for hydroxylation is 1. The SMILES string of the molecule is C[C@]12CC[C@@H]3c4ccc(OS(N)(=O)=O)cc4CC[C@H]3[C@@H]1[C@H](CCCC(=O)N1CCOCC1)CC2=O. The molecule has 0 spiro atoms. The van der Waals surface area contributed by atoms with Gasteiger partial charge in [-0.2, -0.15) is 13.6 Å². The zero-order chi connectivity index (χ0) is 24.8. The largest absolute Gasteiger partial charge is 0.380 e. The monoisotopic (exact) mass is 504 g/mol. The minimum Gasteiger partial charge on any atom is -0.378 e. The van der Waals surface area contributed by atoms with E-state index in [1.165, 1.54) is 5.56 Å². The lowest BCUT2D eigenvalue weighted by atomic mass is 9.54. The molecule has 9 heteroatoms. The van der Waals surface area contributed by atoms with E-state index in [0.29, 0.717) is 68.6 Å². The molecule has 2 N–H and O–H groups in total. The average molecular weight is 505 g/mol. The number of carbonyl (C=O) groups is 2. The summed E-state index contributed by atoms with van der Waals surface area (Å²) in [6, 6.07) is 5.48. The fraction of sp³-hybridized carbons (Fsp3) is 0.692. The van der Waals surface area contributed by atoms with Gasteiger partial charge in [-0.1, -0.05) is 13.0 Å². The molecule has 8 nitrogen and oxygen atoms in total. The van der Waals surface area contributed by atoms with Gasteiger partial charge in [0.1, 0.15) is 11.5 Å². The zero-order valence-electron chi connectivity index (χ0n) is 20.4. The highest BCUT2D eigenvalue weighted by molar-refractivity contribution is 7.84. The van der Waals surface area contributed by atoms with Crippen LogP contribution in [0.1, 0.15) is 68.9 Å². The van der Waals surface area contributed by atoms with Gasteiger partial charge < -0.3 is 13.8 Å². The molecule has 1 heterocycles. The molecule has 2 saturated carbocycles. The molecule has 0 aromatic heterocycles. The van der Waals surface area contributed by atoms with E-state index < -0.39 is 10.3 Å². The fourth-order valence-corrected chi connectivity index (χ4v) is 7.93. The van der Waals surface area contributed by atoms with Gasteiger partial charge in [-0.15, -0.1) is 0 Å². The number of nitrogens with two attached hydrogens (primary N) is 1. The number of ether oxygens (including phenoxy) is 1. The molecule has 1 aromatic rings. The first-order valence-corrected chi connectivity index (χ1v) is 14.4. The second-order valence-corrected chi connectivity index (χ2v) is 12.2. The van der Waals surface area contributed by atoms with Crippen LogP contribution in [0.3, 0.4) is 0 Å². The first-order chi connectivity index (χ1) is 16.7. The predicted molar refractivity (Wildman–Crippen MR) is 130 cm³/mol. The van der Waals surface area contributed by atoms with Crippen molar-refractivity contribution in [1.82, 2.24) is 4.90 Å². The Kier molecular flexibility index (Phi) is 6.70. The van der Waals surface area contributed by atoms with Crippen LogP contribution >= 0.6 is 0 Å². The summed E-state index contributed by atoms with van der Waals surface area (Å²) in [6.07, 6.45) is 6.57. The second-order valence-electron chi connectivity index (χ2n) is 11.0. The predicted octanol–water partition coefficient (Wildman–Crippen LogP) is 2.95. The van der Waals surface area contributed by atoms with Crippen molar-refractivity contribution in [3.63, 3.8) is 0 Å². The van der Waals surface area contributed by atoms with Crippen molar-refractivity contribution in [3.8, 4) is 5.75 Å². The van der Waals surface area contributed by atoms with Crippen LogP contribution in [-0.2, 0) is 31.1 Å². The van der Waals surface area contributed by atoms with Crippen LogP contribution in [0.25, 0.3) is 0 Å². The number of hydrogen-bond acceptors (Lipinski definition) is 6. The molecule has 1 saturated heterocycles. The summed E-state index contributed by atoms with van der Waals surface area (Å²) in [5.74, 6) is 2.30. The van der Waals surface area contributed by atoms with Crippen LogP contribution < -0.4 is 9.32 Å². The number of benzene rings is 1. The van der Waals surface area contributed by atoms with Gasteiger partial charge in [0, 0.05) is 31.3 Å². The van der Waals surface area contributed by atoms with Crippen molar-refractivity contribution in [2.24, 2.45) is 28.3 Å². The molecule has 192 valence electrons. The number of nitrogens with zero attached hydrogens (tertiary/aromatic N) is 1. The first kappa shape index (κ1) is 24.7. The lowest BCUT2D eigenvalue weighted by Crippen LogP contribution is -2.44. The summed E-state index contributed by atoms with van der Waals surface area (Å²) in [7, 11) is -4.05. The maximum Gasteiger partial charge on any atom is 0.380 e. The molecule has 0 unspecified atom stereocenters. The van der Waals surface area contributed by atoms with Crippen molar-refractivity contribution in [1.29, 1.82) is 0 Å². The number of hydrogen-bond donors (Lipinski definition) is 1. The van der Waals surface area contributed by atoms with Gasteiger partial charge in [-0.25, -0.2) is 0 Å². The highest BCUT2D eigenvalue weighted by Crippen LogP contribution is 2.62. The third-order valence-electron chi connectivity index (χ3n) is 9.08. The van der Waals surface area contributed by atoms with Crippen LogP contribution in [-0.4, -0.2) is 51.3 Å². The quantitative estimate of drug-likeness (QED) is 0.637. The summed E-state index contributed by atoms with van der Waals surface area (Å²) >= 11 is 0. The van der Waals surface area contributed by atoms with Crippen LogP contribution in [0.5, 0.6) is 5.75 Å². The molecule has 5 atom stereocenters. The standard InChI is InChI=1S/C26H36N2O6S/c1-26-10-9-21-20-8-6-19(34-35(27,31)32)15-17(20)5-7-22(21)25(26)18(16-23(26)29)3-2-4-24(30)28-11-13-33-14-12-28/h6,8,15,18,21-22,25H,2-5,7,9-14,16H2,1H3,(H2,27,31,32)/t18-,21-,22-,25+,26-/m1/s1. The maximum atomic E-state index is 13.2. The summed E-state index contributed by atoms with van der Waals surface area (Å²) < 4.78 is 32.9. The van der Waals surface area contributed by atoms with E-state index in [1.807, 2.05) is 11.0 Å². The summed E-state index contributed by atoms with van der Waals surface area (Å²) in [5.41, 5.74) is 2.10. The summed E-state index contributed by atoms with van der Waals surface area (Å²) in [4.78, 5) is 27.7. The Morgan fingerprint density at radius 3 is 2.77 bits per heavy atom. The third kappa shape index (κ3) is 4.87. The second kappa shape index (κ2) is 9.48. The molecule has 1 aromatic carbocycles. The lowest BCUT2D eigenvalue weighted by Gasteiger charge is -2.50. The van der Waals surface area contributed by atoms with E-state index in [1.54, 1.807) is 12.1 Å². The van der Waals surface area contributed by atoms with Gasteiger partial charge in [-0.05, 0) is 85.5 Å². The lowest BCUT2D eigenvalue weighted by molar-refractivity contribution is -0.135. The van der Waals surface area contributed by atoms with Crippen LogP contribution in [0.15, 0.2) is 18.2 Å². The van der Waals surface area contributed by atoms with Gasteiger partial charge >= 0.3 is 10.3 Å². The van der Waals surface area contributed by atoms with Crippen molar-refractivity contribution in [3.05, 3.63) is 29.3 Å². The molecular formula is C26H36N2O6S. The number of rotatable bonds is 6. The van der Waals surface area contributed by atoms with E-state index in [-0.39, 0.29) is 17.1 Å². The normalized spacial score (nSPS) is 32.5. The number of morpholine rings is 1. The highest BCUT2D eigenvalue weighted by Gasteiger charge is 2.58. The molecule has 5 rings (SSSR count). The van der Waals surface area contributed by atoms with Crippen molar-refractivity contribution in [2.75, 3.05) is 26.3 Å². The van der Waals surface area contributed by atoms with E-state index in [4.69, 9.17) is 14.1 Å². The highest BCUT2D eigenvalue weighted by atomic mass is 32.2. The maximum absolute atomic E-state index is 13.2. The number of ketones is 1. The molecule has 3 fully saturated rings. The molecule has 0 bridgehead atoms. The van der Waals surface area contributed by atoms with E-state index in [9.17, 15) is 18.0 Å². The Morgan fingerprint density at radius 2 is 2.03 bits per heavy atom. The number of amides is 1. The Morgan fingerprint density at radius 1 is 1.26 bits per heavy atom. The molecule has 0 radical (unpaired) electrons. The molecule has 35 heavy (non-hydrogen) atoms. The van der Waals surface area contributed by atoms with Crippen LogP contribution in [0.2, 0.25) is 0 Å². The summed E-state index contributed by atoms with van der Waals surface area (Å²) in [6.45, 7) is 4.75. The Balaban J connectivity index is 1.29. The number of fused-ring (bicyclic) bond motifs is 5. The number of Topliss-reactive ketones (excluding diaryl/α,β-unsaturated/α-hetero) is 1. The summed E-state index contributed by atoms with van der Waals surface area (Å²) in [5, 5.41) is 5.04. The Bertz CT molecular complexity index is 1100. The Labute approximate surface area is 207 Å². The topological polar surface area (TPSA) is 116 Å². The van der Waals surface area contributed by atoms with Crippen LogP contribution in [0.4, 0.5) is 0 Å². The van der Waals surface area contributed by atoms with Gasteiger partial charge in [0.15, 0.2) is 0 Å². The van der Waals surface area contributed by atoms with Crippen molar-refractivity contribution < 1.29 is 26.9 Å². The molecule has 1 amide bonds. The van der Waals surface area contributed by atoms with Gasteiger partial charge in [0.2, 0.25) is 5.91 Å². The molecular weight excluding hydrogens is 468 g/mol. The average Bonchev–Trinajstić information content (AvgIpc) is 3.08. The van der Waals surface area contributed by atoms with Crippen molar-refractivity contribution >= 4 is 22.0 Å². The van der Waals surface area contributed by atoms with Gasteiger partial charge in [0.25, 0.3) is 0 Å². The van der Waals surface area contributed by atoms with Gasteiger partial charge in [0.05, 0.1) is 13.2 Å². The molecule has 1 aliphatic heterocycles. The number of carbonyl (C=O) groups excluding carboxylic acids is 2. The van der Waals surface area contributed by atoms with Crippen LogP contribution in [0, 0.1) is 23.2 Å².